The van der Waals surface area contributed by atoms with Crippen molar-refractivity contribution >= 4 is 17.4 Å². The summed E-state index contributed by atoms with van der Waals surface area (Å²) in [6.45, 7) is 7.08. The number of para-hydroxylation sites is 1. The van der Waals surface area contributed by atoms with Gasteiger partial charge >= 0.3 is 6.03 Å². The number of rotatable bonds is 5. The van der Waals surface area contributed by atoms with Gasteiger partial charge in [-0.1, -0.05) is 32.0 Å². The minimum absolute atomic E-state index is 0.0468. The van der Waals surface area contributed by atoms with Gasteiger partial charge in [-0.2, -0.15) is 0 Å². The van der Waals surface area contributed by atoms with E-state index in [1.54, 1.807) is 14.2 Å². The van der Waals surface area contributed by atoms with Crippen molar-refractivity contribution in [3.8, 4) is 11.5 Å². The van der Waals surface area contributed by atoms with Gasteiger partial charge in [0.1, 0.15) is 11.5 Å². The number of amides is 2. The lowest BCUT2D eigenvalue weighted by atomic mass is 10.0. The van der Waals surface area contributed by atoms with Gasteiger partial charge in [0.2, 0.25) is 0 Å². The summed E-state index contributed by atoms with van der Waals surface area (Å²) in [6, 6.07) is 13.8. The van der Waals surface area contributed by atoms with E-state index in [2.05, 4.69) is 30.1 Å². The predicted molar refractivity (Wildman–Crippen MR) is 113 cm³/mol. The molecule has 0 unspecified atom stereocenters. The largest absolute Gasteiger partial charge is 0.497 e. The number of nitrogens with one attached hydrogen (secondary N) is 1. The molecule has 0 saturated carbocycles. The minimum Gasteiger partial charge on any atom is -0.497 e. The second-order valence-corrected chi connectivity index (χ2v) is 7.18. The number of piperazine rings is 1. The highest BCUT2D eigenvalue weighted by Crippen LogP contribution is 2.33. The third-order valence-electron chi connectivity index (χ3n) is 5.12. The van der Waals surface area contributed by atoms with Crippen molar-refractivity contribution in [2.45, 2.75) is 19.8 Å². The average Bonchev–Trinajstić information content (AvgIpc) is 2.73. The van der Waals surface area contributed by atoms with Crippen molar-refractivity contribution in [1.82, 2.24) is 4.90 Å². The van der Waals surface area contributed by atoms with Crippen LogP contribution in [0, 0.1) is 0 Å². The first-order valence-corrected chi connectivity index (χ1v) is 9.65. The molecule has 28 heavy (non-hydrogen) atoms. The molecule has 1 N–H and O–H groups in total. The number of ether oxygens (including phenoxy) is 2. The van der Waals surface area contributed by atoms with Crippen LogP contribution in [-0.2, 0) is 0 Å². The molecule has 1 aliphatic rings. The first kappa shape index (κ1) is 19.9. The summed E-state index contributed by atoms with van der Waals surface area (Å²) in [4.78, 5) is 16.9. The maximum absolute atomic E-state index is 12.7. The van der Waals surface area contributed by atoms with E-state index in [9.17, 15) is 4.79 Å². The van der Waals surface area contributed by atoms with E-state index in [1.807, 2.05) is 41.3 Å². The molecule has 2 aromatic rings. The molecule has 2 amide bonds. The van der Waals surface area contributed by atoms with Gasteiger partial charge in [-0.05, 0) is 29.7 Å². The van der Waals surface area contributed by atoms with Gasteiger partial charge in [0.25, 0.3) is 0 Å². The molecule has 1 aliphatic heterocycles. The first-order chi connectivity index (χ1) is 13.5. The van der Waals surface area contributed by atoms with Crippen molar-refractivity contribution in [1.29, 1.82) is 0 Å². The van der Waals surface area contributed by atoms with Crippen LogP contribution in [0.5, 0.6) is 11.5 Å². The number of hydrogen-bond donors (Lipinski definition) is 1. The molecule has 0 bridgehead atoms. The number of hydrogen-bond acceptors (Lipinski definition) is 4. The van der Waals surface area contributed by atoms with Crippen LogP contribution in [-0.4, -0.2) is 51.3 Å². The highest BCUT2D eigenvalue weighted by Gasteiger charge is 2.24. The standard InChI is InChI=1S/C22H29N3O3/c1-16(2)18-7-5-6-8-19(18)23-22(26)25-13-11-24(12-14-25)20-10-9-17(27-3)15-21(20)28-4/h5-10,15-16H,11-14H2,1-4H3,(H,23,26). The van der Waals surface area contributed by atoms with Gasteiger partial charge in [0.05, 0.1) is 19.9 Å². The highest BCUT2D eigenvalue weighted by molar-refractivity contribution is 5.90. The maximum Gasteiger partial charge on any atom is 0.321 e. The van der Waals surface area contributed by atoms with E-state index < -0.39 is 0 Å². The number of benzene rings is 2. The third-order valence-corrected chi connectivity index (χ3v) is 5.12. The van der Waals surface area contributed by atoms with Crippen LogP contribution >= 0.6 is 0 Å². The van der Waals surface area contributed by atoms with Gasteiger partial charge in [-0.15, -0.1) is 0 Å². The lowest BCUT2D eigenvalue weighted by Gasteiger charge is -2.36. The molecule has 1 saturated heterocycles. The van der Waals surface area contributed by atoms with Crippen LogP contribution < -0.4 is 19.7 Å². The first-order valence-electron chi connectivity index (χ1n) is 9.65. The molecular weight excluding hydrogens is 354 g/mol. The Bertz CT molecular complexity index is 814. The quantitative estimate of drug-likeness (QED) is 0.841. The molecule has 0 radical (unpaired) electrons. The number of carbonyl (C=O) groups excluding carboxylic acids is 1. The predicted octanol–water partition coefficient (Wildman–Crippen LogP) is 4.18. The summed E-state index contributed by atoms with van der Waals surface area (Å²) in [5.74, 6) is 1.90. The molecule has 0 spiro atoms. The summed E-state index contributed by atoms with van der Waals surface area (Å²) in [6.07, 6.45) is 0. The number of urea groups is 1. The molecule has 0 aliphatic carbocycles. The highest BCUT2D eigenvalue weighted by atomic mass is 16.5. The Morgan fingerprint density at radius 1 is 1.00 bits per heavy atom. The molecule has 6 heteroatoms. The second kappa shape index (κ2) is 8.87. The van der Waals surface area contributed by atoms with Crippen LogP contribution in [0.1, 0.15) is 25.3 Å². The topological polar surface area (TPSA) is 54.0 Å². The van der Waals surface area contributed by atoms with Crippen LogP contribution in [0.4, 0.5) is 16.2 Å². The molecular formula is C22H29N3O3. The average molecular weight is 383 g/mol. The Morgan fingerprint density at radius 3 is 2.36 bits per heavy atom. The minimum atomic E-state index is -0.0468. The zero-order chi connectivity index (χ0) is 20.1. The lowest BCUT2D eigenvalue weighted by molar-refractivity contribution is 0.208. The van der Waals surface area contributed by atoms with E-state index >= 15 is 0 Å². The fraction of sp³-hybridized carbons (Fsp3) is 0.409. The SMILES string of the molecule is COc1ccc(N2CCN(C(=O)Nc3ccccc3C(C)C)CC2)c(OC)c1. The lowest BCUT2D eigenvalue weighted by Crippen LogP contribution is -2.50. The monoisotopic (exact) mass is 383 g/mol. The summed E-state index contributed by atoms with van der Waals surface area (Å²) < 4.78 is 10.8. The zero-order valence-corrected chi connectivity index (χ0v) is 17.1. The summed E-state index contributed by atoms with van der Waals surface area (Å²) in [5.41, 5.74) is 3.06. The number of carbonyl (C=O) groups is 1. The van der Waals surface area contributed by atoms with Crippen molar-refractivity contribution in [2.75, 3.05) is 50.6 Å². The van der Waals surface area contributed by atoms with Crippen molar-refractivity contribution in [2.24, 2.45) is 0 Å². The van der Waals surface area contributed by atoms with Gasteiger partial charge in [0.15, 0.2) is 0 Å². The van der Waals surface area contributed by atoms with Crippen LogP contribution in [0.3, 0.4) is 0 Å². The van der Waals surface area contributed by atoms with Crippen molar-refractivity contribution in [3.63, 3.8) is 0 Å². The van der Waals surface area contributed by atoms with Crippen LogP contribution in [0.2, 0.25) is 0 Å². The summed E-state index contributed by atoms with van der Waals surface area (Å²) in [7, 11) is 3.30. The van der Waals surface area contributed by atoms with E-state index in [4.69, 9.17) is 9.47 Å². The summed E-state index contributed by atoms with van der Waals surface area (Å²) >= 11 is 0. The third kappa shape index (κ3) is 4.32. The normalized spacial score (nSPS) is 14.2. The molecule has 0 aromatic heterocycles. The molecule has 1 heterocycles. The van der Waals surface area contributed by atoms with Crippen molar-refractivity contribution < 1.29 is 14.3 Å². The summed E-state index contributed by atoms with van der Waals surface area (Å²) in [5, 5.41) is 3.08. The van der Waals surface area contributed by atoms with E-state index in [0.29, 0.717) is 19.0 Å². The molecule has 6 nitrogen and oxygen atoms in total. The van der Waals surface area contributed by atoms with Crippen LogP contribution in [0.25, 0.3) is 0 Å². The Balaban J connectivity index is 1.63. The number of anilines is 2. The number of nitrogens with zero attached hydrogens (tertiary/aromatic N) is 2. The fourth-order valence-electron chi connectivity index (χ4n) is 3.51. The van der Waals surface area contributed by atoms with Gasteiger partial charge in [0, 0.05) is 37.9 Å². The smallest absolute Gasteiger partial charge is 0.321 e. The Kier molecular flexibility index (Phi) is 6.29. The Hall–Kier alpha value is -2.89. The van der Waals surface area contributed by atoms with Gasteiger partial charge in [-0.3, -0.25) is 0 Å². The van der Waals surface area contributed by atoms with E-state index in [1.165, 1.54) is 0 Å². The molecule has 2 aromatic carbocycles. The number of methoxy groups -OCH3 is 2. The Morgan fingerprint density at radius 2 is 1.71 bits per heavy atom. The van der Waals surface area contributed by atoms with Crippen molar-refractivity contribution in [3.05, 3.63) is 48.0 Å². The Labute approximate surface area is 167 Å². The maximum atomic E-state index is 12.7. The molecule has 0 atom stereocenters. The molecule has 150 valence electrons. The van der Waals surface area contributed by atoms with E-state index in [-0.39, 0.29) is 6.03 Å². The molecule has 3 rings (SSSR count). The van der Waals surface area contributed by atoms with Gasteiger partial charge in [-0.25, -0.2) is 4.79 Å². The fourth-order valence-corrected chi connectivity index (χ4v) is 3.51. The second-order valence-electron chi connectivity index (χ2n) is 7.18. The molecule has 1 fully saturated rings. The van der Waals surface area contributed by atoms with Crippen LogP contribution in [0.15, 0.2) is 42.5 Å². The van der Waals surface area contributed by atoms with Gasteiger partial charge < -0.3 is 24.6 Å². The zero-order valence-electron chi connectivity index (χ0n) is 17.1. The van der Waals surface area contributed by atoms with E-state index in [0.717, 1.165) is 41.5 Å².